The smallest absolute Gasteiger partial charge is 0.193 e. The van der Waals surface area contributed by atoms with Gasteiger partial charge in [-0.05, 0) is 24.1 Å². The molecule has 1 saturated heterocycles. The van der Waals surface area contributed by atoms with Crippen molar-refractivity contribution >= 4 is 17.7 Å². The van der Waals surface area contributed by atoms with Crippen LogP contribution in [0.4, 0.5) is 0 Å². The van der Waals surface area contributed by atoms with Gasteiger partial charge in [0.2, 0.25) is 0 Å². The molecule has 4 nitrogen and oxygen atoms in total. The van der Waals surface area contributed by atoms with Crippen molar-refractivity contribution in [2.45, 2.75) is 25.1 Å². The van der Waals surface area contributed by atoms with Gasteiger partial charge in [0, 0.05) is 37.7 Å². The molecule has 1 atom stereocenters. The fraction of sp³-hybridized carbons (Fsp3) is 0.562. The molecule has 0 aromatic heterocycles. The van der Waals surface area contributed by atoms with E-state index in [1.54, 1.807) is 7.11 Å². The molecule has 1 aromatic rings. The van der Waals surface area contributed by atoms with Crippen LogP contribution in [0.5, 0.6) is 5.75 Å². The quantitative estimate of drug-likeness (QED) is 0.685. The summed E-state index contributed by atoms with van der Waals surface area (Å²) in [5.41, 5.74) is 1.23. The van der Waals surface area contributed by atoms with E-state index in [9.17, 15) is 0 Å². The zero-order chi connectivity index (χ0) is 15.1. The third-order valence-electron chi connectivity index (χ3n) is 3.72. The van der Waals surface area contributed by atoms with Crippen molar-refractivity contribution in [1.29, 1.82) is 0 Å². The Morgan fingerprint density at radius 2 is 2.19 bits per heavy atom. The number of rotatable bonds is 4. The van der Waals surface area contributed by atoms with Crippen LogP contribution in [0.2, 0.25) is 0 Å². The maximum absolute atomic E-state index is 5.18. The van der Waals surface area contributed by atoms with Crippen LogP contribution in [-0.2, 0) is 6.54 Å². The zero-order valence-corrected chi connectivity index (χ0v) is 13.9. The molecule has 1 aliphatic rings. The molecule has 1 aromatic carbocycles. The third-order valence-corrected chi connectivity index (χ3v) is 5.09. The summed E-state index contributed by atoms with van der Waals surface area (Å²) in [7, 11) is 3.55. The molecule has 21 heavy (non-hydrogen) atoms. The Hall–Kier alpha value is -1.36. The summed E-state index contributed by atoms with van der Waals surface area (Å²) >= 11 is 2.08. The van der Waals surface area contributed by atoms with Gasteiger partial charge in [-0.25, -0.2) is 0 Å². The second-order valence-corrected chi connectivity index (χ2v) is 6.50. The molecule has 1 fully saturated rings. The fourth-order valence-corrected chi connectivity index (χ4v) is 3.60. The van der Waals surface area contributed by atoms with Crippen LogP contribution in [0.15, 0.2) is 29.3 Å². The summed E-state index contributed by atoms with van der Waals surface area (Å²) in [5.74, 6) is 3.08. The standard InChI is InChI=1S/C16H25N3OS/c1-4-15-12-19(9-10-21-15)16(17-2)18-11-13-5-7-14(20-3)8-6-13/h5-8,15H,4,9-12H2,1-3H3,(H,17,18). The lowest BCUT2D eigenvalue weighted by molar-refractivity contribution is 0.408. The number of hydrogen-bond acceptors (Lipinski definition) is 3. The number of ether oxygens (including phenoxy) is 1. The van der Waals surface area contributed by atoms with Gasteiger partial charge >= 0.3 is 0 Å². The molecule has 5 heteroatoms. The highest BCUT2D eigenvalue weighted by Gasteiger charge is 2.21. The molecule has 0 aliphatic carbocycles. The second-order valence-electron chi connectivity index (χ2n) is 5.10. The van der Waals surface area contributed by atoms with Crippen LogP contribution in [0, 0.1) is 0 Å². The largest absolute Gasteiger partial charge is 0.497 e. The molecule has 1 N–H and O–H groups in total. The lowest BCUT2D eigenvalue weighted by Crippen LogP contribution is -2.47. The van der Waals surface area contributed by atoms with Crippen molar-refractivity contribution in [2.75, 3.05) is 33.0 Å². The van der Waals surface area contributed by atoms with Crippen molar-refractivity contribution < 1.29 is 4.74 Å². The molecule has 1 aliphatic heterocycles. The minimum Gasteiger partial charge on any atom is -0.497 e. The van der Waals surface area contributed by atoms with Crippen molar-refractivity contribution in [3.8, 4) is 5.75 Å². The molecular formula is C16H25N3OS. The second kappa shape index (κ2) is 8.17. The summed E-state index contributed by atoms with van der Waals surface area (Å²) in [6.07, 6.45) is 1.22. The lowest BCUT2D eigenvalue weighted by Gasteiger charge is -2.34. The summed E-state index contributed by atoms with van der Waals surface area (Å²) in [6, 6.07) is 8.15. The van der Waals surface area contributed by atoms with Crippen LogP contribution in [-0.4, -0.2) is 49.1 Å². The van der Waals surface area contributed by atoms with Gasteiger partial charge in [-0.3, -0.25) is 4.99 Å². The Morgan fingerprint density at radius 1 is 1.43 bits per heavy atom. The first-order chi connectivity index (χ1) is 10.3. The Balaban J connectivity index is 1.90. The van der Waals surface area contributed by atoms with E-state index >= 15 is 0 Å². The van der Waals surface area contributed by atoms with Gasteiger partial charge in [-0.2, -0.15) is 11.8 Å². The molecule has 0 amide bonds. The normalized spacial score (nSPS) is 19.5. The summed E-state index contributed by atoms with van der Waals surface area (Å²) in [4.78, 5) is 6.80. The van der Waals surface area contributed by atoms with Crippen LogP contribution < -0.4 is 10.1 Å². The Labute approximate surface area is 132 Å². The monoisotopic (exact) mass is 307 g/mol. The predicted octanol–water partition coefficient (Wildman–Crippen LogP) is 2.60. The van der Waals surface area contributed by atoms with E-state index in [0.717, 1.165) is 36.6 Å². The Bertz CT molecular complexity index is 461. The number of nitrogens with zero attached hydrogens (tertiary/aromatic N) is 2. The first-order valence-corrected chi connectivity index (χ1v) is 8.51. The summed E-state index contributed by atoms with van der Waals surface area (Å²) < 4.78 is 5.18. The molecule has 0 bridgehead atoms. The van der Waals surface area contributed by atoms with E-state index in [0.29, 0.717) is 0 Å². The van der Waals surface area contributed by atoms with Gasteiger partial charge in [-0.1, -0.05) is 19.1 Å². The highest BCUT2D eigenvalue weighted by Crippen LogP contribution is 2.21. The van der Waals surface area contributed by atoms with E-state index in [1.165, 1.54) is 17.7 Å². The Morgan fingerprint density at radius 3 is 2.81 bits per heavy atom. The maximum Gasteiger partial charge on any atom is 0.193 e. The minimum absolute atomic E-state index is 0.721. The molecule has 0 spiro atoms. The molecular weight excluding hydrogens is 282 g/mol. The average Bonchev–Trinajstić information content (AvgIpc) is 2.56. The van der Waals surface area contributed by atoms with Gasteiger partial charge in [-0.15, -0.1) is 0 Å². The molecule has 1 heterocycles. The van der Waals surface area contributed by atoms with E-state index in [-0.39, 0.29) is 0 Å². The van der Waals surface area contributed by atoms with E-state index in [2.05, 4.69) is 46.0 Å². The van der Waals surface area contributed by atoms with Crippen LogP contribution in [0.1, 0.15) is 18.9 Å². The van der Waals surface area contributed by atoms with Crippen molar-refractivity contribution in [3.05, 3.63) is 29.8 Å². The number of methoxy groups -OCH3 is 1. The number of nitrogens with one attached hydrogen (secondary N) is 1. The van der Waals surface area contributed by atoms with Gasteiger partial charge < -0.3 is 15.0 Å². The maximum atomic E-state index is 5.18. The SMILES string of the molecule is CCC1CN(C(=NC)NCc2ccc(OC)cc2)CCS1. The van der Waals surface area contributed by atoms with Crippen LogP contribution in [0.25, 0.3) is 0 Å². The van der Waals surface area contributed by atoms with Gasteiger partial charge in [0.05, 0.1) is 7.11 Å². The van der Waals surface area contributed by atoms with Crippen molar-refractivity contribution in [3.63, 3.8) is 0 Å². The van der Waals surface area contributed by atoms with E-state index in [1.807, 2.05) is 19.2 Å². The molecule has 116 valence electrons. The van der Waals surface area contributed by atoms with Crippen LogP contribution >= 0.6 is 11.8 Å². The first kappa shape index (κ1) is 16.0. The number of hydrogen-bond donors (Lipinski definition) is 1. The predicted molar refractivity (Wildman–Crippen MR) is 91.3 cm³/mol. The summed E-state index contributed by atoms with van der Waals surface area (Å²) in [5, 5.41) is 4.18. The highest BCUT2D eigenvalue weighted by atomic mass is 32.2. The zero-order valence-electron chi connectivity index (χ0n) is 13.1. The minimum atomic E-state index is 0.721. The van der Waals surface area contributed by atoms with Gasteiger partial charge in [0.15, 0.2) is 5.96 Å². The van der Waals surface area contributed by atoms with Gasteiger partial charge in [0.25, 0.3) is 0 Å². The Kier molecular flexibility index (Phi) is 6.23. The number of guanidine groups is 1. The fourth-order valence-electron chi connectivity index (χ4n) is 2.42. The molecule has 2 rings (SSSR count). The molecule has 1 unspecified atom stereocenters. The number of aliphatic imine (C=N–C) groups is 1. The van der Waals surface area contributed by atoms with Crippen molar-refractivity contribution in [1.82, 2.24) is 10.2 Å². The topological polar surface area (TPSA) is 36.9 Å². The summed E-state index contributed by atoms with van der Waals surface area (Å²) in [6.45, 7) is 5.21. The number of thioether (sulfide) groups is 1. The average molecular weight is 307 g/mol. The van der Waals surface area contributed by atoms with E-state index < -0.39 is 0 Å². The van der Waals surface area contributed by atoms with E-state index in [4.69, 9.17) is 4.74 Å². The number of benzene rings is 1. The first-order valence-electron chi connectivity index (χ1n) is 7.47. The lowest BCUT2D eigenvalue weighted by atomic mass is 10.2. The third kappa shape index (κ3) is 4.56. The molecule has 0 radical (unpaired) electrons. The van der Waals surface area contributed by atoms with Crippen molar-refractivity contribution in [2.24, 2.45) is 4.99 Å². The highest BCUT2D eigenvalue weighted by molar-refractivity contribution is 8.00. The van der Waals surface area contributed by atoms with Gasteiger partial charge in [0.1, 0.15) is 5.75 Å². The molecule has 0 saturated carbocycles. The van der Waals surface area contributed by atoms with Crippen LogP contribution in [0.3, 0.4) is 0 Å².